The molecule has 2 aromatic rings. The van der Waals surface area contributed by atoms with Crippen LogP contribution in [-0.2, 0) is 6.42 Å². The summed E-state index contributed by atoms with van der Waals surface area (Å²) in [7, 11) is 0. The first-order valence-corrected chi connectivity index (χ1v) is 10.3. The number of halogens is 1. The van der Waals surface area contributed by atoms with Crippen molar-refractivity contribution in [2.45, 2.75) is 53.4 Å². The Kier molecular flexibility index (Phi) is 10.9. The zero-order valence-corrected chi connectivity index (χ0v) is 20.1. The number of benzene rings is 1. The molecule has 0 radical (unpaired) electrons. The highest BCUT2D eigenvalue weighted by Crippen LogP contribution is 2.30. The number of H-pyrrole nitrogens is 1. The van der Waals surface area contributed by atoms with Gasteiger partial charge in [0.2, 0.25) is 0 Å². The van der Waals surface area contributed by atoms with Gasteiger partial charge in [-0.15, -0.1) is 24.0 Å². The van der Waals surface area contributed by atoms with E-state index in [-0.39, 0.29) is 36.0 Å². The highest BCUT2D eigenvalue weighted by molar-refractivity contribution is 14.0. The van der Waals surface area contributed by atoms with E-state index in [1.807, 2.05) is 0 Å². The molecule has 1 heterocycles. The summed E-state index contributed by atoms with van der Waals surface area (Å²) in [5, 5.41) is 17.6. The number of nitrogens with zero attached hydrogens (tertiary/aromatic N) is 1. The number of aryl methyl sites for hydroxylation is 1. The van der Waals surface area contributed by atoms with Gasteiger partial charge in [-0.2, -0.15) is 0 Å². The Labute approximate surface area is 186 Å². The molecule has 0 aliphatic rings. The summed E-state index contributed by atoms with van der Waals surface area (Å²) in [4.78, 5) is 8.19. The Hall–Kier alpha value is -1.28. The van der Waals surface area contributed by atoms with Gasteiger partial charge < -0.3 is 20.7 Å². The molecule has 6 heteroatoms. The quantitative estimate of drug-likeness (QED) is 0.222. The van der Waals surface area contributed by atoms with Gasteiger partial charge in [0.25, 0.3) is 0 Å². The number of rotatable bonds is 10. The summed E-state index contributed by atoms with van der Waals surface area (Å²) >= 11 is 0. The number of hydrogen-bond acceptors (Lipinski definition) is 2. The molecule has 0 spiro atoms. The molecule has 0 saturated heterocycles. The molecule has 0 atom stereocenters. The van der Waals surface area contributed by atoms with Crippen LogP contribution in [0.1, 0.15) is 51.2 Å². The van der Waals surface area contributed by atoms with Crippen molar-refractivity contribution in [2.24, 2.45) is 10.4 Å². The fraction of sp³-hybridized carbons (Fsp3) is 0.591. The first kappa shape index (κ1) is 24.8. The summed E-state index contributed by atoms with van der Waals surface area (Å²) in [5.74, 6) is 0.860. The lowest BCUT2D eigenvalue weighted by molar-refractivity contribution is 0.175. The van der Waals surface area contributed by atoms with E-state index < -0.39 is 0 Å². The molecule has 0 saturated carbocycles. The van der Waals surface area contributed by atoms with Crippen molar-refractivity contribution >= 4 is 40.8 Å². The molecule has 0 aliphatic carbocycles. The van der Waals surface area contributed by atoms with Crippen LogP contribution in [0.25, 0.3) is 10.9 Å². The number of aliphatic imine (C=N–C) groups is 1. The maximum absolute atomic E-state index is 9.41. The molecule has 4 N–H and O–H groups in total. The molecule has 0 aliphatic heterocycles. The lowest BCUT2D eigenvalue weighted by Gasteiger charge is -2.29. The molecule has 0 fully saturated rings. The van der Waals surface area contributed by atoms with Gasteiger partial charge in [-0.05, 0) is 62.1 Å². The minimum atomic E-state index is 0. The standard InChI is InChI=1S/C22H36N4O.HI/c1-5-22(6-2,12-14-27)16-26-21(23-7-3)24-13-11-18-15-25-19-10-8-9-17(4)20(18)19;/h8-10,15,25,27H,5-7,11-14,16H2,1-4H3,(H2,23,24,26);1H. The molecule has 0 bridgehead atoms. The largest absolute Gasteiger partial charge is 0.396 e. The molecule has 2 rings (SSSR count). The van der Waals surface area contributed by atoms with Crippen LogP contribution in [0.2, 0.25) is 0 Å². The van der Waals surface area contributed by atoms with E-state index in [2.05, 4.69) is 67.7 Å². The van der Waals surface area contributed by atoms with Gasteiger partial charge in [-0.3, -0.25) is 4.99 Å². The zero-order valence-electron chi connectivity index (χ0n) is 17.8. The molecule has 0 unspecified atom stereocenters. The molecular weight excluding hydrogens is 463 g/mol. The number of guanidine groups is 1. The SMILES string of the molecule is CCNC(=NCC(CC)(CC)CCO)NCCc1c[nH]c2cccc(C)c12.I. The fourth-order valence-corrected chi connectivity index (χ4v) is 3.70. The van der Waals surface area contributed by atoms with Gasteiger partial charge in [0.05, 0.1) is 0 Å². The van der Waals surface area contributed by atoms with Crippen molar-refractivity contribution in [1.29, 1.82) is 0 Å². The predicted octanol–water partition coefficient (Wildman–Crippen LogP) is 4.38. The molecule has 28 heavy (non-hydrogen) atoms. The number of fused-ring (bicyclic) bond motifs is 1. The third-order valence-electron chi connectivity index (χ3n) is 5.74. The maximum Gasteiger partial charge on any atom is 0.191 e. The second kappa shape index (κ2) is 12.3. The Balaban J connectivity index is 0.00000392. The number of hydrogen-bond donors (Lipinski definition) is 4. The van der Waals surface area contributed by atoms with E-state index in [9.17, 15) is 5.11 Å². The van der Waals surface area contributed by atoms with Gasteiger partial charge in [0.15, 0.2) is 5.96 Å². The highest BCUT2D eigenvalue weighted by Gasteiger charge is 2.25. The van der Waals surface area contributed by atoms with E-state index in [4.69, 9.17) is 4.99 Å². The lowest BCUT2D eigenvalue weighted by Crippen LogP contribution is -2.39. The predicted molar refractivity (Wildman–Crippen MR) is 131 cm³/mol. The molecule has 1 aromatic carbocycles. The van der Waals surface area contributed by atoms with Crippen molar-refractivity contribution in [1.82, 2.24) is 15.6 Å². The van der Waals surface area contributed by atoms with Gasteiger partial charge in [-0.25, -0.2) is 0 Å². The summed E-state index contributed by atoms with van der Waals surface area (Å²) in [6.07, 6.45) is 5.92. The Bertz CT molecular complexity index is 737. The second-order valence-electron chi connectivity index (χ2n) is 7.36. The van der Waals surface area contributed by atoms with E-state index in [0.717, 1.165) is 51.3 Å². The number of nitrogens with one attached hydrogen (secondary N) is 3. The fourth-order valence-electron chi connectivity index (χ4n) is 3.70. The van der Waals surface area contributed by atoms with E-state index >= 15 is 0 Å². The van der Waals surface area contributed by atoms with Crippen LogP contribution in [0.3, 0.4) is 0 Å². The minimum Gasteiger partial charge on any atom is -0.396 e. The highest BCUT2D eigenvalue weighted by atomic mass is 127. The Morgan fingerprint density at radius 3 is 2.57 bits per heavy atom. The minimum absolute atomic E-state index is 0. The van der Waals surface area contributed by atoms with Crippen LogP contribution < -0.4 is 10.6 Å². The van der Waals surface area contributed by atoms with Gasteiger partial charge in [0.1, 0.15) is 0 Å². The Morgan fingerprint density at radius 2 is 1.93 bits per heavy atom. The van der Waals surface area contributed by atoms with Gasteiger partial charge in [-0.1, -0.05) is 26.0 Å². The van der Waals surface area contributed by atoms with E-state index in [0.29, 0.717) is 0 Å². The van der Waals surface area contributed by atoms with Gasteiger partial charge >= 0.3 is 0 Å². The zero-order chi connectivity index (χ0) is 19.7. The number of aliphatic hydroxyl groups excluding tert-OH is 1. The molecular formula is C22H37IN4O. The number of aliphatic hydroxyl groups is 1. The summed E-state index contributed by atoms with van der Waals surface area (Å²) in [6.45, 7) is 11.3. The van der Waals surface area contributed by atoms with E-state index in [1.54, 1.807) is 0 Å². The monoisotopic (exact) mass is 500 g/mol. The topological polar surface area (TPSA) is 72.4 Å². The van der Waals surface area contributed by atoms with Crippen molar-refractivity contribution in [2.75, 3.05) is 26.2 Å². The Morgan fingerprint density at radius 1 is 1.18 bits per heavy atom. The maximum atomic E-state index is 9.41. The van der Waals surface area contributed by atoms with Crippen LogP contribution in [-0.4, -0.2) is 42.3 Å². The lowest BCUT2D eigenvalue weighted by atomic mass is 9.79. The second-order valence-corrected chi connectivity index (χ2v) is 7.36. The molecule has 158 valence electrons. The van der Waals surface area contributed by atoms with Gasteiger partial charge in [0, 0.05) is 43.3 Å². The smallest absolute Gasteiger partial charge is 0.191 e. The molecule has 1 aromatic heterocycles. The summed E-state index contributed by atoms with van der Waals surface area (Å²) in [5.41, 5.74) is 3.93. The number of aromatic amines is 1. The first-order valence-electron chi connectivity index (χ1n) is 10.3. The molecule has 0 amide bonds. The van der Waals surface area contributed by atoms with Crippen molar-refractivity contribution in [3.63, 3.8) is 0 Å². The van der Waals surface area contributed by atoms with Crippen LogP contribution in [0.4, 0.5) is 0 Å². The van der Waals surface area contributed by atoms with Crippen LogP contribution in [0, 0.1) is 12.3 Å². The number of aromatic nitrogens is 1. The van der Waals surface area contributed by atoms with Crippen molar-refractivity contribution in [3.05, 3.63) is 35.5 Å². The average molecular weight is 500 g/mol. The third-order valence-corrected chi connectivity index (χ3v) is 5.74. The van der Waals surface area contributed by atoms with Crippen molar-refractivity contribution in [3.8, 4) is 0 Å². The first-order chi connectivity index (χ1) is 13.1. The summed E-state index contributed by atoms with van der Waals surface area (Å²) in [6, 6.07) is 6.38. The average Bonchev–Trinajstić information content (AvgIpc) is 3.09. The molecule has 5 nitrogen and oxygen atoms in total. The summed E-state index contributed by atoms with van der Waals surface area (Å²) < 4.78 is 0. The normalized spacial score (nSPS) is 12.1. The third kappa shape index (κ3) is 6.37. The van der Waals surface area contributed by atoms with Crippen molar-refractivity contribution < 1.29 is 5.11 Å². The van der Waals surface area contributed by atoms with Crippen LogP contribution in [0.15, 0.2) is 29.4 Å². The van der Waals surface area contributed by atoms with Crippen LogP contribution in [0.5, 0.6) is 0 Å². The van der Waals surface area contributed by atoms with E-state index in [1.165, 1.54) is 22.0 Å². The van der Waals surface area contributed by atoms with Crippen LogP contribution >= 0.6 is 24.0 Å².